The first-order valence-corrected chi connectivity index (χ1v) is 8.50. The quantitative estimate of drug-likeness (QED) is 0.802. The van der Waals surface area contributed by atoms with E-state index in [9.17, 15) is 0 Å². The summed E-state index contributed by atoms with van der Waals surface area (Å²) in [6, 6.07) is 4.26. The third-order valence-electron chi connectivity index (χ3n) is 4.57. The Morgan fingerprint density at radius 2 is 2.08 bits per heavy atom. The van der Waals surface area contributed by atoms with E-state index >= 15 is 0 Å². The number of nitrogens with one attached hydrogen (secondary N) is 1. The van der Waals surface area contributed by atoms with Crippen molar-refractivity contribution in [2.24, 2.45) is 5.92 Å². The minimum absolute atomic E-state index is 0.638. The van der Waals surface area contributed by atoms with Crippen molar-refractivity contribution in [2.75, 3.05) is 11.9 Å². The third-order valence-corrected chi connectivity index (χ3v) is 4.57. The molecule has 6 heteroatoms. The summed E-state index contributed by atoms with van der Waals surface area (Å²) in [6.45, 7) is 7.25. The molecule has 0 aliphatic carbocycles. The molecule has 1 unspecified atom stereocenters. The van der Waals surface area contributed by atoms with Crippen LogP contribution in [0.5, 0.6) is 0 Å². The summed E-state index contributed by atoms with van der Waals surface area (Å²) in [5.41, 5.74) is 6.23. The number of hydrogen-bond acceptors (Lipinski definition) is 5. The monoisotopic (exact) mass is 322 g/mol. The number of nitrogens with zero attached hydrogens (tertiary/aromatic N) is 5. The lowest BCUT2D eigenvalue weighted by Gasteiger charge is -2.22. The summed E-state index contributed by atoms with van der Waals surface area (Å²) in [5.74, 6) is 1.49. The number of rotatable bonds is 3. The second-order valence-corrected chi connectivity index (χ2v) is 6.74. The number of hydrogen-bond donors (Lipinski definition) is 1. The number of pyridine rings is 1. The largest absolute Gasteiger partial charge is 0.383 e. The molecule has 3 aromatic rings. The Labute approximate surface area is 141 Å². The molecule has 0 fully saturated rings. The Balaban J connectivity index is 1.54. The summed E-state index contributed by atoms with van der Waals surface area (Å²) < 4.78 is 1.88. The molecular formula is C18H22N6. The molecule has 0 saturated carbocycles. The maximum Gasteiger partial charge on any atom is 0.177 e. The van der Waals surface area contributed by atoms with E-state index in [0.717, 1.165) is 54.4 Å². The zero-order valence-electron chi connectivity index (χ0n) is 14.4. The lowest BCUT2D eigenvalue weighted by molar-refractivity contribution is 0.581. The van der Waals surface area contributed by atoms with Gasteiger partial charge in [0, 0.05) is 24.9 Å². The highest BCUT2D eigenvalue weighted by atomic mass is 15.3. The van der Waals surface area contributed by atoms with Crippen LogP contribution < -0.4 is 5.32 Å². The standard InChI is InChI=1S/C18H22N6/c1-11-8-16-15(20-9-11)6-4-14(21-16)5-7-17-22-18-13(3)19-10-12(2)24(18)23-17/h4,6,10-11,20H,5,7-9H2,1-3H3. The average Bonchev–Trinajstić information content (AvgIpc) is 3.01. The van der Waals surface area contributed by atoms with E-state index < -0.39 is 0 Å². The Morgan fingerprint density at radius 1 is 1.21 bits per heavy atom. The second kappa shape index (κ2) is 5.85. The Morgan fingerprint density at radius 3 is 2.92 bits per heavy atom. The van der Waals surface area contributed by atoms with Gasteiger partial charge in [0.1, 0.15) is 0 Å². The van der Waals surface area contributed by atoms with Crippen LogP contribution in [-0.4, -0.2) is 31.1 Å². The van der Waals surface area contributed by atoms with E-state index in [1.807, 2.05) is 24.6 Å². The number of aromatic nitrogens is 5. The molecule has 4 rings (SSSR count). The van der Waals surface area contributed by atoms with Crippen LogP contribution >= 0.6 is 0 Å². The van der Waals surface area contributed by atoms with Crippen molar-refractivity contribution in [3.05, 3.63) is 46.9 Å². The van der Waals surface area contributed by atoms with Crippen LogP contribution in [0.25, 0.3) is 5.65 Å². The van der Waals surface area contributed by atoms with E-state index in [-0.39, 0.29) is 0 Å². The highest BCUT2D eigenvalue weighted by Gasteiger charge is 2.16. The van der Waals surface area contributed by atoms with Gasteiger partial charge in [0.15, 0.2) is 11.5 Å². The van der Waals surface area contributed by atoms with Gasteiger partial charge >= 0.3 is 0 Å². The fourth-order valence-corrected chi connectivity index (χ4v) is 3.17. The molecule has 0 bridgehead atoms. The predicted molar refractivity (Wildman–Crippen MR) is 93.3 cm³/mol. The van der Waals surface area contributed by atoms with Gasteiger partial charge in [-0.2, -0.15) is 5.10 Å². The lowest BCUT2D eigenvalue weighted by atomic mass is 9.99. The molecule has 0 amide bonds. The van der Waals surface area contributed by atoms with Gasteiger partial charge in [0.05, 0.1) is 22.8 Å². The third kappa shape index (κ3) is 2.72. The zero-order valence-corrected chi connectivity index (χ0v) is 14.4. The highest BCUT2D eigenvalue weighted by molar-refractivity contribution is 5.50. The van der Waals surface area contributed by atoms with Gasteiger partial charge in [-0.05, 0) is 44.7 Å². The van der Waals surface area contributed by atoms with Crippen LogP contribution in [0.2, 0.25) is 0 Å². The first-order chi connectivity index (χ1) is 11.6. The number of anilines is 1. The molecular weight excluding hydrogens is 300 g/mol. The second-order valence-electron chi connectivity index (χ2n) is 6.74. The molecule has 24 heavy (non-hydrogen) atoms. The first-order valence-electron chi connectivity index (χ1n) is 8.50. The van der Waals surface area contributed by atoms with Crippen molar-refractivity contribution < 1.29 is 0 Å². The summed E-state index contributed by atoms with van der Waals surface area (Å²) in [6.07, 6.45) is 4.52. The molecule has 0 spiro atoms. The fourth-order valence-electron chi connectivity index (χ4n) is 3.17. The van der Waals surface area contributed by atoms with E-state index in [2.05, 4.69) is 39.4 Å². The van der Waals surface area contributed by atoms with Crippen molar-refractivity contribution >= 4 is 11.3 Å². The van der Waals surface area contributed by atoms with Gasteiger partial charge in [0.25, 0.3) is 0 Å². The molecule has 0 saturated heterocycles. The van der Waals surface area contributed by atoms with Crippen molar-refractivity contribution in [1.82, 2.24) is 24.6 Å². The number of aryl methyl sites for hydroxylation is 4. The summed E-state index contributed by atoms with van der Waals surface area (Å²) in [7, 11) is 0. The fraction of sp³-hybridized carbons (Fsp3) is 0.444. The van der Waals surface area contributed by atoms with Crippen LogP contribution in [0.1, 0.15) is 35.5 Å². The maximum absolute atomic E-state index is 4.83. The van der Waals surface area contributed by atoms with Gasteiger partial charge in [-0.1, -0.05) is 6.92 Å². The minimum atomic E-state index is 0.638. The first kappa shape index (κ1) is 15.1. The normalized spacial score (nSPS) is 16.9. The smallest absolute Gasteiger partial charge is 0.177 e. The van der Waals surface area contributed by atoms with Gasteiger partial charge < -0.3 is 5.32 Å². The van der Waals surface area contributed by atoms with Crippen molar-refractivity contribution in [3.63, 3.8) is 0 Å². The number of fused-ring (bicyclic) bond motifs is 2. The van der Waals surface area contributed by atoms with Crippen LogP contribution in [0.3, 0.4) is 0 Å². The van der Waals surface area contributed by atoms with E-state index in [1.165, 1.54) is 11.4 Å². The van der Waals surface area contributed by atoms with Gasteiger partial charge in [-0.25, -0.2) is 9.50 Å². The molecule has 3 aromatic heterocycles. The maximum atomic E-state index is 4.83. The van der Waals surface area contributed by atoms with E-state index in [0.29, 0.717) is 5.92 Å². The van der Waals surface area contributed by atoms with Gasteiger partial charge in [0.2, 0.25) is 0 Å². The van der Waals surface area contributed by atoms with Crippen LogP contribution in [0.4, 0.5) is 5.69 Å². The van der Waals surface area contributed by atoms with Crippen molar-refractivity contribution in [1.29, 1.82) is 0 Å². The van der Waals surface area contributed by atoms with Crippen molar-refractivity contribution in [2.45, 2.75) is 40.0 Å². The summed E-state index contributed by atoms with van der Waals surface area (Å²) in [4.78, 5) is 13.8. The molecule has 1 N–H and O–H groups in total. The summed E-state index contributed by atoms with van der Waals surface area (Å²) in [5, 5.41) is 8.06. The zero-order chi connectivity index (χ0) is 16.7. The predicted octanol–water partition coefficient (Wildman–Crippen LogP) is 2.53. The van der Waals surface area contributed by atoms with Crippen LogP contribution in [0.15, 0.2) is 18.3 Å². The molecule has 124 valence electrons. The molecule has 0 aromatic carbocycles. The Kier molecular flexibility index (Phi) is 3.67. The molecule has 4 heterocycles. The SMILES string of the molecule is Cc1ncc(C)n2nc(CCc3ccc4c(n3)CC(C)CN4)nc12. The van der Waals surface area contributed by atoms with Gasteiger partial charge in [-0.15, -0.1) is 0 Å². The van der Waals surface area contributed by atoms with Crippen LogP contribution in [0, 0.1) is 19.8 Å². The van der Waals surface area contributed by atoms with Crippen LogP contribution in [-0.2, 0) is 19.3 Å². The molecule has 1 atom stereocenters. The molecule has 6 nitrogen and oxygen atoms in total. The Bertz CT molecular complexity index is 859. The molecule has 0 radical (unpaired) electrons. The van der Waals surface area contributed by atoms with E-state index in [4.69, 9.17) is 4.98 Å². The molecule has 1 aliphatic heterocycles. The van der Waals surface area contributed by atoms with Gasteiger partial charge in [-0.3, -0.25) is 9.97 Å². The highest BCUT2D eigenvalue weighted by Crippen LogP contribution is 2.23. The minimum Gasteiger partial charge on any atom is -0.383 e. The average molecular weight is 322 g/mol. The Hall–Kier alpha value is -2.50. The van der Waals surface area contributed by atoms with E-state index in [1.54, 1.807) is 0 Å². The lowest BCUT2D eigenvalue weighted by Crippen LogP contribution is -2.22. The molecule has 1 aliphatic rings. The summed E-state index contributed by atoms with van der Waals surface area (Å²) >= 11 is 0. The van der Waals surface area contributed by atoms with Crippen molar-refractivity contribution in [3.8, 4) is 0 Å². The topological polar surface area (TPSA) is 68.0 Å².